The number of hydrogen-bond acceptors (Lipinski definition) is 2. The van der Waals surface area contributed by atoms with Gasteiger partial charge in [0.25, 0.3) is 0 Å². The molecule has 1 heterocycles. The van der Waals surface area contributed by atoms with Crippen molar-refractivity contribution in [2.75, 3.05) is 0 Å². The van der Waals surface area contributed by atoms with Crippen LogP contribution in [0.4, 0.5) is 0 Å². The average Bonchev–Trinajstić information content (AvgIpc) is 2.80. The number of Topliss-reactive ketones (excluding diaryl/α,β-unsaturated/α-hetero) is 1. The summed E-state index contributed by atoms with van der Waals surface area (Å²) in [5.74, 6) is 0.0677. The number of carbonyl (C=O) groups excluding carboxylic acids is 1. The summed E-state index contributed by atoms with van der Waals surface area (Å²) in [5.41, 5.74) is 0.607. The molecule has 1 aromatic heterocycles. The van der Waals surface area contributed by atoms with Crippen molar-refractivity contribution in [3.8, 4) is 0 Å². The molecule has 2 rings (SSSR count). The van der Waals surface area contributed by atoms with Gasteiger partial charge in [0.2, 0.25) is 0 Å². The molecule has 0 unspecified atom stereocenters. The van der Waals surface area contributed by atoms with Gasteiger partial charge in [0, 0.05) is 21.7 Å². The van der Waals surface area contributed by atoms with Crippen LogP contribution in [0.2, 0.25) is 10.0 Å². The minimum atomic E-state index is 0.0677. The molecule has 0 radical (unpaired) electrons. The van der Waals surface area contributed by atoms with E-state index in [0.29, 0.717) is 22.0 Å². The van der Waals surface area contributed by atoms with E-state index in [1.54, 1.807) is 29.5 Å². The van der Waals surface area contributed by atoms with Crippen molar-refractivity contribution in [3.05, 3.63) is 55.7 Å². The standard InChI is InChI=1S/C14H12Cl2OS/c1-2-10-4-5-11(18-10)8-14(17)9-3-6-12(15)13(16)7-9/h3-7H,2,8H2,1H3. The lowest BCUT2D eigenvalue weighted by molar-refractivity contribution is 0.0994. The van der Waals surface area contributed by atoms with Gasteiger partial charge >= 0.3 is 0 Å². The maximum atomic E-state index is 12.1. The normalized spacial score (nSPS) is 10.6. The number of hydrogen-bond donors (Lipinski definition) is 0. The van der Waals surface area contributed by atoms with Gasteiger partial charge in [-0.1, -0.05) is 30.1 Å². The number of ketones is 1. The predicted molar refractivity (Wildman–Crippen MR) is 78.2 cm³/mol. The predicted octanol–water partition coefficient (Wildman–Crippen LogP) is 5.04. The van der Waals surface area contributed by atoms with Gasteiger partial charge < -0.3 is 0 Å². The summed E-state index contributed by atoms with van der Waals surface area (Å²) in [6.45, 7) is 2.11. The Morgan fingerprint density at radius 2 is 1.83 bits per heavy atom. The first kappa shape index (κ1) is 13.6. The third-order valence-corrected chi connectivity index (χ3v) is 4.61. The Balaban J connectivity index is 2.14. The smallest absolute Gasteiger partial charge is 0.168 e. The molecule has 2 aromatic rings. The topological polar surface area (TPSA) is 17.1 Å². The second-order valence-corrected chi connectivity index (χ2v) is 6.02. The largest absolute Gasteiger partial charge is 0.294 e. The van der Waals surface area contributed by atoms with Crippen LogP contribution in [-0.4, -0.2) is 5.78 Å². The molecule has 1 aromatic carbocycles. The third kappa shape index (κ3) is 3.14. The van der Waals surface area contributed by atoms with Crippen LogP contribution in [0.5, 0.6) is 0 Å². The number of halogens is 2. The zero-order chi connectivity index (χ0) is 13.1. The Bertz CT molecular complexity index is 575. The molecule has 0 aliphatic heterocycles. The number of benzene rings is 1. The van der Waals surface area contributed by atoms with Crippen LogP contribution in [0.1, 0.15) is 27.0 Å². The van der Waals surface area contributed by atoms with Crippen LogP contribution in [0, 0.1) is 0 Å². The van der Waals surface area contributed by atoms with Crippen LogP contribution < -0.4 is 0 Å². The first-order valence-corrected chi connectivity index (χ1v) is 7.23. The molecule has 0 saturated carbocycles. The minimum Gasteiger partial charge on any atom is -0.294 e. The highest BCUT2D eigenvalue weighted by Gasteiger charge is 2.10. The molecule has 0 saturated heterocycles. The molecule has 0 N–H and O–H groups in total. The molecule has 0 spiro atoms. The summed E-state index contributed by atoms with van der Waals surface area (Å²) >= 11 is 13.4. The molecule has 4 heteroatoms. The fourth-order valence-corrected chi connectivity index (χ4v) is 2.89. The maximum absolute atomic E-state index is 12.1. The number of thiophene rings is 1. The van der Waals surface area contributed by atoms with Crippen molar-refractivity contribution >= 4 is 40.3 Å². The van der Waals surface area contributed by atoms with Gasteiger partial charge in [-0.15, -0.1) is 11.3 Å². The van der Waals surface area contributed by atoms with Crippen molar-refractivity contribution in [2.24, 2.45) is 0 Å². The van der Waals surface area contributed by atoms with E-state index in [9.17, 15) is 4.79 Å². The zero-order valence-corrected chi connectivity index (χ0v) is 12.2. The van der Waals surface area contributed by atoms with Crippen molar-refractivity contribution < 1.29 is 4.79 Å². The fourth-order valence-electron chi connectivity index (χ4n) is 1.64. The SMILES string of the molecule is CCc1ccc(CC(=O)c2ccc(Cl)c(Cl)c2)s1. The van der Waals surface area contributed by atoms with E-state index in [4.69, 9.17) is 23.2 Å². The molecule has 94 valence electrons. The van der Waals surface area contributed by atoms with Gasteiger partial charge in [-0.05, 0) is 36.8 Å². The Morgan fingerprint density at radius 3 is 2.44 bits per heavy atom. The lowest BCUT2D eigenvalue weighted by Crippen LogP contribution is -2.01. The second kappa shape index (κ2) is 5.87. The van der Waals surface area contributed by atoms with E-state index in [1.165, 1.54) is 4.88 Å². The lowest BCUT2D eigenvalue weighted by Gasteiger charge is -2.01. The molecule has 0 aliphatic carbocycles. The number of carbonyl (C=O) groups is 1. The van der Waals surface area contributed by atoms with Crippen LogP contribution in [0.3, 0.4) is 0 Å². The lowest BCUT2D eigenvalue weighted by atomic mass is 10.1. The van der Waals surface area contributed by atoms with Crippen molar-refractivity contribution in [3.63, 3.8) is 0 Å². The molecule has 0 bridgehead atoms. The summed E-state index contributed by atoms with van der Waals surface area (Å²) < 4.78 is 0. The summed E-state index contributed by atoms with van der Waals surface area (Å²) in [7, 11) is 0. The van der Waals surface area contributed by atoms with Crippen LogP contribution >= 0.6 is 34.5 Å². The Labute approximate surface area is 120 Å². The molecule has 0 amide bonds. The molecule has 0 atom stereocenters. The van der Waals surface area contributed by atoms with Crippen LogP contribution in [-0.2, 0) is 12.8 Å². The highest BCUT2D eigenvalue weighted by molar-refractivity contribution is 7.12. The van der Waals surface area contributed by atoms with Gasteiger partial charge in [0.05, 0.1) is 10.0 Å². The summed E-state index contributed by atoms with van der Waals surface area (Å²) in [4.78, 5) is 14.5. The third-order valence-electron chi connectivity index (χ3n) is 2.64. The molecule has 0 aliphatic rings. The molecular formula is C14H12Cl2OS. The van der Waals surface area contributed by atoms with E-state index in [1.807, 2.05) is 6.07 Å². The molecule has 0 fully saturated rings. The Morgan fingerprint density at radius 1 is 1.11 bits per heavy atom. The van der Waals surface area contributed by atoms with Crippen molar-refractivity contribution in [1.82, 2.24) is 0 Å². The van der Waals surface area contributed by atoms with E-state index in [2.05, 4.69) is 13.0 Å². The number of aryl methyl sites for hydroxylation is 1. The van der Waals surface area contributed by atoms with E-state index in [-0.39, 0.29) is 5.78 Å². The Hall–Kier alpha value is -0.830. The quantitative estimate of drug-likeness (QED) is 0.723. The van der Waals surface area contributed by atoms with Crippen molar-refractivity contribution in [1.29, 1.82) is 0 Å². The van der Waals surface area contributed by atoms with Gasteiger partial charge in [-0.2, -0.15) is 0 Å². The van der Waals surface area contributed by atoms with E-state index >= 15 is 0 Å². The van der Waals surface area contributed by atoms with Gasteiger partial charge in [-0.3, -0.25) is 4.79 Å². The summed E-state index contributed by atoms with van der Waals surface area (Å²) in [6, 6.07) is 9.08. The number of rotatable bonds is 4. The summed E-state index contributed by atoms with van der Waals surface area (Å²) in [5, 5.41) is 0.889. The minimum absolute atomic E-state index is 0.0677. The first-order chi connectivity index (χ1) is 8.60. The first-order valence-electron chi connectivity index (χ1n) is 5.66. The molecular weight excluding hydrogens is 287 g/mol. The second-order valence-electron chi connectivity index (χ2n) is 3.95. The molecule has 18 heavy (non-hydrogen) atoms. The highest BCUT2D eigenvalue weighted by atomic mass is 35.5. The van der Waals surface area contributed by atoms with Crippen LogP contribution in [0.15, 0.2) is 30.3 Å². The van der Waals surface area contributed by atoms with Gasteiger partial charge in [0.15, 0.2) is 5.78 Å². The summed E-state index contributed by atoms with van der Waals surface area (Å²) in [6.07, 6.45) is 1.42. The highest BCUT2D eigenvalue weighted by Crippen LogP contribution is 2.24. The zero-order valence-electron chi connectivity index (χ0n) is 9.87. The van der Waals surface area contributed by atoms with Gasteiger partial charge in [0.1, 0.15) is 0 Å². The van der Waals surface area contributed by atoms with E-state index in [0.717, 1.165) is 11.3 Å². The Kier molecular flexibility index (Phi) is 4.44. The monoisotopic (exact) mass is 298 g/mol. The average molecular weight is 299 g/mol. The van der Waals surface area contributed by atoms with Crippen LogP contribution in [0.25, 0.3) is 0 Å². The van der Waals surface area contributed by atoms with Crippen molar-refractivity contribution in [2.45, 2.75) is 19.8 Å². The fraction of sp³-hybridized carbons (Fsp3) is 0.214. The maximum Gasteiger partial charge on any atom is 0.168 e. The van der Waals surface area contributed by atoms with E-state index < -0.39 is 0 Å². The van der Waals surface area contributed by atoms with Gasteiger partial charge in [-0.25, -0.2) is 0 Å². The molecule has 1 nitrogen and oxygen atoms in total.